The van der Waals surface area contributed by atoms with Crippen LogP contribution in [0.2, 0.25) is 0 Å². The molecule has 2 aromatic heterocycles. The number of carbonyl (C=O) groups is 1. The molecule has 0 aliphatic carbocycles. The van der Waals surface area contributed by atoms with E-state index in [-0.39, 0.29) is 12.5 Å². The Morgan fingerprint density at radius 2 is 1.91 bits per heavy atom. The highest BCUT2D eigenvalue weighted by Gasteiger charge is 2.27. The van der Waals surface area contributed by atoms with Crippen LogP contribution >= 0.6 is 0 Å². The third-order valence-electron chi connectivity index (χ3n) is 6.25. The van der Waals surface area contributed by atoms with Crippen molar-refractivity contribution in [2.75, 3.05) is 26.7 Å². The molecule has 0 saturated carbocycles. The lowest BCUT2D eigenvalue weighted by atomic mass is 9.99. The highest BCUT2D eigenvalue weighted by atomic mass is 16.5. The van der Waals surface area contributed by atoms with Crippen molar-refractivity contribution in [3.63, 3.8) is 0 Å². The molecule has 0 radical (unpaired) electrons. The molecule has 3 heterocycles. The van der Waals surface area contributed by atoms with Gasteiger partial charge in [-0.3, -0.25) is 9.69 Å². The van der Waals surface area contributed by atoms with E-state index >= 15 is 0 Å². The summed E-state index contributed by atoms with van der Waals surface area (Å²) in [4.78, 5) is 22.0. The second-order valence-electron chi connectivity index (χ2n) is 8.59. The zero-order valence-corrected chi connectivity index (χ0v) is 19.5. The molecule has 1 fully saturated rings. The number of ether oxygens (including phenoxy) is 2. The third kappa shape index (κ3) is 4.97. The summed E-state index contributed by atoms with van der Waals surface area (Å²) in [7, 11) is 1.64. The number of piperidine rings is 1. The van der Waals surface area contributed by atoms with E-state index in [1.807, 2.05) is 54.6 Å². The molecule has 180 valence electrons. The normalized spacial score (nSPS) is 16.3. The van der Waals surface area contributed by atoms with Gasteiger partial charge in [0.25, 0.3) is 0 Å². The largest absolute Gasteiger partial charge is 0.497 e. The Morgan fingerprint density at radius 1 is 1.11 bits per heavy atom. The standard InChI is InChI=1S/C27H27N3O5/c1-33-20-11-9-18(10-12-20)23-24-26(34-21-8-5-14-30(16-21)15-13-22(31)32)28-17-29-27(24)35-25(23)19-6-3-2-4-7-19/h2-4,6-7,9-12,17,21H,5,8,13-16H2,1H3,(H,31,32)/t21-/m1/s1. The molecule has 5 rings (SSSR count). The number of likely N-dealkylation sites (tertiary alicyclic amines) is 1. The maximum atomic E-state index is 11.0. The number of hydrogen-bond acceptors (Lipinski definition) is 7. The second kappa shape index (κ2) is 10.1. The van der Waals surface area contributed by atoms with Gasteiger partial charge in [0, 0.05) is 24.2 Å². The van der Waals surface area contributed by atoms with E-state index in [0.29, 0.717) is 30.4 Å². The van der Waals surface area contributed by atoms with Gasteiger partial charge in [0.2, 0.25) is 11.6 Å². The number of nitrogens with zero attached hydrogens (tertiary/aromatic N) is 3. The molecule has 35 heavy (non-hydrogen) atoms. The van der Waals surface area contributed by atoms with Crippen molar-refractivity contribution in [3.8, 4) is 34.1 Å². The Kier molecular flexibility index (Phi) is 6.63. The molecule has 0 amide bonds. The van der Waals surface area contributed by atoms with Gasteiger partial charge in [-0.2, -0.15) is 0 Å². The van der Waals surface area contributed by atoms with Gasteiger partial charge in [-0.1, -0.05) is 42.5 Å². The first-order chi connectivity index (χ1) is 17.1. The summed E-state index contributed by atoms with van der Waals surface area (Å²) in [6.45, 7) is 2.03. The predicted octanol–water partition coefficient (Wildman–Crippen LogP) is 4.88. The van der Waals surface area contributed by atoms with Crippen molar-refractivity contribution in [2.24, 2.45) is 0 Å². The average molecular weight is 474 g/mol. The molecule has 8 heteroatoms. The number of carboxylic acids is 1. The van der Waals surface area contributed by atoms with E-state index < -0.39 is 5.97 Å². The number of hydrogen-bond donors (Lipinski definition) is 1. The maximum absolute atomic E-state index is 11.0. The zero-order valence-electron chi connectivity index (χ0n) is 19.5. The van der Waals surface area contributed by atoms with Crippen molar-refractivity contribution in [1.29, 1.82) is 0 Å². The summed E-state index contributed by atoms with van der Waals surface area (Å²) in [5.74, 6) is 1.14. The predicted molar refractivity (Wildman–Crippen MR) is 132 cm³/mol. The molecule has 1 atom stereocenters. The van der Waals surface area contributed by atoms with Gasteiger partial charge in [-0.05, 0) is 37.1 Å². The Labute approximate surface area is 203 Å². The fourth-order valence-corrected chi connectivity index (χ4v) is 4.55. The van der Waals surface area contributed by atoms with Crippen LogP contribution in [0.4, 0.5) is 0 Å². The van der Waals surface area contributed by atoms with Crippen LogP contribution in [0.15, 0.2) is 65.3 Å². The van der Waals surface area contributed by atoms with Crippen molar-refractivity contribution in [3.05, 3.63) is 60.9 Å². The number of fused-ring (bicyclic) bond motifs is 1. The minimum Gasteiger partial charge on any atom is -0.497 e. The molecule has 2 aromatic carbocycles. The van der Waals surface area contributed by atoms with E-state index in [1.54, 1.807) is 7.11 Å². The van der Waals surface area contributed by atoms with Crippen molar-refractivity contribution < 1.29 is 23.8 Å². The number of rotatable bonds is 8. The molecule has 4 aromatic rings. The Hall–Kier alpha value is -3.91. The van der Waals surface area contributed by atoms with Crippen LogP contribution in [0.1, 0.15) is 19.3 Å². The number of aliphatic carboxylic acids is 1. The monoisotopic (exact) mass is 473 g/mol. The van der Waals surface area contributed by atoms with E-state index in [9.17, 15) is 4.79 Å². The van der Waals surface area contributed by atoms with Crippen LogP contribution in [0.25, 0.3) is 33.6 Å². The molecule has 1 N–H and O–H groups in total. The lowest BCUT2D eigenvalue weighted by Gasteiger charge is -2.32. The minimum atomic E-state index is -0.790. The average Bonchev–Trinajstić information content (AvgIpc) is 3.29. The van der Waals surface area contributed by atoms with E-state index in [1.165, 1.54) is 6.33 Å². The summed E-state index contributed by atoms with van der Waals surface area (Å²) in [5.41, 5.74) is 3.19. The van der Waals surface area contributed by atoms with Gasteiger partial charge in [0.05, 0.1) is 13.5 Å². The van der Waals surface area contributed by atoms with Crippen LogP contribution in [-0.4, -0.2) is 58.8 Å². The van der Waals surface area contributed by atoms with E-state index in [0.717, 1.165) is 47.2 Å². The first-order valence-corrected chi connectivity index (χ1v) is 11.7. The van der Waals surface area contributed by atoms with Gasteiger partial charge in [-0.25, -0.2) is 9.97 Å². The molecule has 0 unspecified atom stereocenters. The van der Waals surface area contributed by atoms with Crippen LogP contribution in [-0.2, 0) is 4.79 Å². The molecular weight excluding hydrogens is 446 g/mol. The fourth-order valence-electron chi connectivity index (χ4n) is 4.55. The summed E-state index contributed by atoms with van der Waals surface area (Å²) >= 11 is 0. The van der Waals surface area contributed by atoms with E-state index in [4.69, 9.17) is 19.0 Å². The summed E-state index contributed by atoms with van der Waals surface area (Å²) in [5, 5.41) is 9.76. The number of methoxy groups -OCH3 is 1. The summed E-state index contributed by atoms with van der Waals surface area (Å²) in [6.07, 6.45) is 3.28. The van der Waals surface area contributed by atoms with E-state index in [2.05, 4.69) is 14.9 Å². The highest BCUT2D eigenvalue weighted by molar-refractivity contribution is 6.03. The Balaban J connectivity index is 1.55. The van der Waals surface area contributed by atoms with Crippen molar-refractivity contribution >= 4 is 17.1 Å². The number of carboxylic acid groups (broad SMARTS) is 1. The molecule has 1 aliphatic rings. The first-order valence-electron chi connectivity index (χ1n) is 11.7. The molecule has 1 aliphatic heterocycles. The molecule has 8 nitrogen and oxygen atoms in total. The van der Waals surface area contributed by atoms with Crippen LogP contribution in [0.5, 0.6) is 11.6 Å². The molecule has 0 spiro atoms. The number of aromatic nitrogens is 2. The van der Waals surface area contributed by atoms with Gasteiger partial charge in [0.1, 0.15) is 29.3 Å². The number of furan rings is 1. The molecule has 1 saturated heterocycles. The quantitative estimate of drug-likeness (QED) is 0.387. The van der Waals surface area contributed by atoms with Crippen molar-refractivity contribution in [2.45, 2.75) is 25.4 Å². The number of benzene rings is 2. The summed E-state index contributed by atoms with van der Waals surface area (Å²) in [6, 6.07) is 17.7. The van der Waals surface area contributed by atoms with Crippen LogP contribution < -0.4 is 9.47 Å². The minimum absolute atomic E-state index is 0.102. The third-order valence-corrected chi connectivity index (χ3v) is 6.25. The molecular formula is C27H27N3O5. The SMILES string of the molecule is COc1ccc(-c2c(-c3ccccc3)oc3ncnc(O[C@@H]4CCCN(CCC(=O)O)C4)c23)cc1. The second-order valence-corrected chi connectivity index (χ2v) is 8.59. The van der Waals surface area contributed by atoms with Crippen LogP contribution in [0.3, 0.4) is 0 Å². The molecule has 0 bridgehead atoms. The van der Waals surface area contributed by atoms with Crippen LogP contribution in [0, 0.1) is 0 Å². The highest BCUT2D eigenvalue weighted by Crippen LogP contribution is 2.43. The summed E-state index contributed by atoms with van der Waals surface area (Å²) < 4.78 is 18.1. The van der Waals surface area contributed by atoms with Gasteiger partial charge < -0.3 is 19.0 Å². The van der Waals surface area contributed by atoms with Gasteiger partial charge in [0.15, 0.2) is 0 Å². The van der Waals surface area contributed by atoms with Crippen molar-refractivity contribution in [1.82, 2.24) is 14.9 Å². The topological polar surface area (TPSA) is 97.9 Å². The smallest absolute Gasteiger partial charge is 0.304 e. The lowest BCUT2D eigenvalue weighted by molar-refractivity contribution is -0.137. The maximum Gasteiger partial charge on any atom is 0.304 e. The first kappa shape index (κ1) is 22.9. The Bertz CT molecular complexity index is 1300. The fraction of sp³-hybridized carbons (Fsp3) is 0.296. The van der Waals surface area contributed by atoms with Gasteiger partial charge in [-0.15, -0.1) is 0 Å². The lowest BCUT2D eigenvalue weighted by Crippen LogP contribution is -2.42. The van der Waals surface area contributed by atoms with Gasteiger partial charge >= 0.3 is 5.97 Å². The Morgan fingerprint density at radius 3 is 2.66 bits per heavy atom. The zero-order chi connectivity index (χ0) is 24.2.